The summed E-state index contributed by atoms with van der Waals surface area (Å²) < 4.78 is 39.7. The summed E-state index contributed by atoms with van der Waals surface area (Å²) in [6.45, 7) is 2.01. The summed E-state index contributed by atoms with van der Waals surface area (Å²) in [6.07, 6.45) is 0.530. The Bertz CT molecular complexity index is 993. The number of carbonyl (C=O) groups excluding carboxylic acids is 1. The van der Waals surface area contributed by atoms with Crippen LogP contribution in [-0.4, -0.2) is 22.4 Å². The Morgan fingerprint density at radius 2 is 1.68 bits per heavy atom. The number of hydrogen-bond acceptors (Lipinski definition) is 4. The molecule has 1 amide bonds. The maximum absolute atomic E-state index is 13.8. The van der Waals surface area contributed by atoms with Crippen LogP contribution < -0.4 is 10.6 Å². The van der Waals surface area contributed by atoms with Crippen LogP contribution in [-0.2, 0) is 6.42 Å². The van der Waals surface area contributed by atoms with Gasteiger partial charge in [-0.25, -0.2) is 23.1 Å². The third-order valence-electron chi connectivity index (χ3n) is 3.88. The first-order valence-corrected chi connectivity index (χ1v) is 8.51. The zero-order valence-electron chi connectivity index (χ0n) is 15.0. The van der Waals surface area contributed by atoms with Gasteiger partial charge in [0.2, 0.25) is 5.95 Å². The Hall–Kier alpha value is -3.42. The largest absolute Gasteiger partial charge is 0.350 e. The average Bonchev–Trinajstić information content (AvgIpc) is 2.65. The van der Waals surface area contributed by atoms with Crippen LogP contribution in [0.1, 0.15) is 21.7 Å². The second kappa shape index (κ2) is 8.51. The molecule has 144 valence electrons. The Morgan fingerprint density at radius 3 is 2.39 bits per heavy atom. The van der Waals surface area contributed by atoms with Crippen molar-refractivity contribution in [3.63, 3.8) is 0 Å². The highest BCUT2D eigenvalue weighted by atomic mass is 19.1. The van der Waals surface area contributed by atoms with E-state index in [1.54, 1.807) is 19.1 Å². The molecule has 8 heteroatoms. The molecule has 0 atom stereocenters. The number of hydrogen-bond donors (Lipinski definition) is 2. The molecule has 0 spiro atoms. The van der Waals surface area contributed by atoms with Crippen molar-refractivity contribution in [2.45, 2.75) is 13.3 Å². The van der Waals surface area contributed by atoms with E-state index in [4.69, 9.17) is 0 Å². The number of anilines is 2. The van der Waals surface area contributed by atoms with Crippen LogP contribution >= 0.6 is 0 Å². The zero-order valence-corrected chi connectivity index (χ0v) is 15.0. The molecule has 0 radical (unpaired) electrons. The van der Waals surface area contributed by atoms with E-state index in [9.17, 15) is 18.0 Å². The van der Waals surface area contributed by atoms with Crippen molar-refractivity contribution in [2.75, 3.05) is 11.9 Å². The van der Waals surface area contributed by atoms with E-state index in [1.807, 2.05) is 0 Å². The molecule has 0 unspecified atom stereocenters. The molecule has 3 aromatic rings. The van der Waals surface area contributed by atoms with Gasteiger partial charge < -0.3 is 10.6 Å². The first-order valence-electron chi connectivity index (χ1n) is 8.51. The molecular weight excluding hydrogens is 369 g/mol. The topological polar surface area (TPSA) is 66.9 Å². The quantitative estimate of drug-likeness (QED) is 0.674. The lowest BCUT2D eigenvalue weighted by Crippen LogP contribution is -2.27. The van der Waals surface area contributed by atoms with E-state index in [0.717, 1.165) is 17.7 Å². The molecule has 0 bridgehead atoms. The second-order valence-corrected chi connectivity index (χ2v) is 6.10. The number of nitrogens with one attached hydrogen (secondary N) is 2. The highest BCUT2D eigenvalue weighted by Gasteiger charge is 2.12. The normalized spacial score (nSPS) is 10.6. The molecule has 0 saturated heterocycles. The van der Waals surface area contributed by atoms with Gasteiger partial charge in [-0.1, -0.05) is 12.1 Å². The minimum Gasteiger partial charge on any atom is -0.350 e. The number of amides is 1. The van der Waals surface area contributed by atoms with Crippen molar-refractivity contribution < 1.29 is 18.0 Å². The molecule has 0 aliphatic carbocycles. The van der Waals surface area contributed by atoms with Gasteiger partial charge in [0, 0.05) is 18.3 Å². The van der Waals surface area contributed by atoms with Gasteiger partial charge in [-0.2, -0.15) is 0 Å². The Labute approximate surface area is 159 Å². The summed E-state index contributed by atoms with van der Waals surface area (Å²) in [5, 5.41) is 5.37. The summed E-state index contributed by atoms with van der Waals surface area (Å²) in [5.74, 6) is -2.21. The summed E-state index contributed by atoms with van der Waals surface area (Å²) in [7, 11) is 0. The lowest BCUT2D eigenvalue weighted by molar-refractivity contribution is 0.0949. The van der Waals surface area contributed by atoms with Gasteiger partial charge in [0.05, 0.1) is 5.69 Å². The fraction of sp³-hybridized carbons (Fsp3) is 0.150. The van der Waals surface area contributed by atoms with Crippen LogP contribution in [0.15, 0.2) is 48.5 Å². The summed E-state index contributed by atoms with van der Waals surface area (Å²) in [5.41, 5.74) is 1.49. The number of nitrogens with zero attached hydrogens (tertiary/aromatic N) is 2. The monoisotopic (exact) mass is 386 g/mol. The smallest absolute Gasteiger partial charge is 0.270 e. The van der Waals surface area contributed by atoms with Gasteiger partial charge in [0.25, 0.3) is 5.91 Å². The van der Waals surface area contributed by atoms with Crippen LogP contribution in [0.5, 0.6) is 0 Å². The van der Waals surface area contributed by atoms with Crippen molar-refractivity contribution in [3.8, 4) is 0 Å². The van der Waals surface area contributed by atoms with Gasteiger partial charge in [-0.3, -0.25) is 4.79 Å². The van der Waals surface area contributed by atoms with Crippen LogP contribution in [0.3, 0.4) is 0 Å². The van der Waals surface area contributed by atoms with E-state index in [1.165, 1.54) is 24.3 Å². The maximum atomic E-state index is 13.8. The van der Waals surface area contributed by atoms with Crippen LogP contribution in [0.2, 0.25) is 0 Å². The SMILES string of the molecule is Cc1cc(C(=O)NCCc2ccc(F)cc2)nc(Nc2ccc(F)cc2F)n1. The van der Waals surface area contributed by atoms with Crippen LogP contribution in [0.25, 0.3) is 0 Å². The second-order valence-electron chi connectivity index (χ2n) is 6.10. The van der Waals surface area contributed by atoms with E-state index < -0.39 is 17.5 Å². The molecule has 2 N–H and O–H groups in total. The molecule has 28 heavy (non-hydrogen) atoms. The predicted molar refractivity (Wildman–Crippen MR) is 98.8 cm³/mol. The van der Waals surface area contributed by atoms with Gasteiger partial charge in [0.15, 0.2) is 0 Å². The zero-order chi connectivity index (χ0) is 20.1. The maximum Gasteiger partial charge on any atom is 0.270 e. The highest BCUT2D eigenvalue weighted by molar-refractivity contribution is 5.92. The van der Waals surface area contributed by atoms with Crippen LogP contribution in [0, 0.1) is 24.4 Å². The van der Waals surface area contributed by atoms with Crippen molar-refractivity contribution in [1.82, 2.24) is 15.3 Å². The third kappa shape index (κ3) is 5.06. The Kier molecular flexibility index (Phi) is 5.88. The molecule has 3 rings (SSSR count). The number of rotatable bonds is 6. The number of aromatic nitrogens is 2. The minimum atomic E-state index is -0.796. The molecule has 0 aliphatic rings. The molecule has 5 nitrogen and oxygen atoms in total. The van der Waals surface area contributed by atoms with Crippen molar-refractivity contribution in [2.24, 2.45) is 0 Å². The molecule has 2 aromatic carbocycles. The summed E-state index contributed by atoms with van der Waals surface area (Å²) in [4.78, 5) is 20.5. The molecule has 0 fully saturated rings. The van der Waals surface area contributed by atoms with Gasteiger partial charge >= 0.3 is 0 Å². The molecular formula is C20H17F3N4O. The number of benzene rings is 2. The molecule has 1 heterocycles. The fourth-order valence-electron chi connectivity index (χ4n) is 2.51. The molecule has 1 aromatic heterocycles. The van der Waals surface area contributed by atoms with E-state index in [2.05, 4.69) is 20.6 Å². The van der Waals surface area contributed by atoms with Gasteiger partial charge in [-0.15, -0.1) is 0 Å². The lowest BCUT2D eigenvalue weighted by Gasteiger charge is -2.09. The van der Waals surface area contributed by atoms with Crippen molar-refractivity contribution >= 4 is 17.5 Å². The fourth-order valence-corrected chi connectivity index (χ4v) is 2.51. The van der Waals surface area contributed by atoms with Crippen molar-refractivity contribution in [3.05, 3.63) is 82.9 Å². The van der Waals surface area contributed by atoms with Gasteiger partial charge in [-0.05, 0) is 49.2 Å². The molecule has 0 aliphatic heterocycles. The lowest BCUT2D eigenvalue weighted by atomic mass is 10.1. The van der Waals surface area contributed by atoms with E-state index in [0.29, 0.717) is 18.7 Å². The first kappa shape index (κ1) is 19.3. The third-order valence-corrected chi connectivity index (χ3v) is 3.88. The number of halogens is 3. The summed E-state index contributed by atoms with van der Waals surface area (Å²) >= 11 is 0. The average molecular weight is 386 g/mol. The number of aryl methyl sites for hydroxylation is 1. The Morgan fingerprint density at radius 1 is 0.964 bits per heavy atom. The summed E-state index contributed by atoms with van der Waals surface area (Å²) in [6, 6.07) is 10.6. The predicted octanol–water partition coefficient (Wildman–Crippen LogP) is 3.92. The Balaban J connectivity index is 1.66. The van der Waals surface area contributed by atoms with Gasteiger partial charge in [0.1, 0.15) is 23.1 Å². The van der Waals surface area contributed by atoms with E-state index in [-0.39, 0.29) is 23.1 Å². The number of carbonyl (C=O) groups is 1. The highest BCUT2D eigenvalue weighted by Crippen LogP contribution is 2.19. The minimum absolute atomic E-state index is 0.00494. The molecule has 0 saturated carbocycles. The van der Waals surface area contributed by atoms with Crippen LogP contribution in [0.4, 0.5) is 24.8 Å². The van der Waals surface area contributed by atoms with Crippen molar-refractivity contribution in [1.29, 1.82) is 0 Å². The standard InChI is InChI=1S/C20H17F3N4O/c1-12-10-18(19(28)24-9-8-13-2-4-14(21)5-3-13)27-20(25-12)26-17-7-6-15(22)11-16(17)23/h2-7,10-11H,8-9H2,1H3,(H,24,28)(H,25,26,27). The first-order chi connectivity index (χ1) is 13.4. The van der Waals surface area contributed by atoms with E-state index >= 15 is 0 Å².